The number of para-hydroxylation sites is 2. The number of nitrogens with zero attached hydrogens (tertiary/aromatic N) is 2. The first kappa shape index (κ1) is 24.4. The smallest absolute Gasteiger partial charge is 0.295 e. The number of carbonyl (C=O) groups is 2. The summed E-state index contributed by atoms with van der Waals surface area (Å²) in [6.45, 7) is 5.75. The maximum absolute atomic E-state index is 12.9. The van der Waals surface area contributed by atoms with Gasteiger partial charge in [0.2, 0.25) is 11.8 Å². The Labute approximate surface area is 198 Å². The van der Waals surface area contributed by atoms with Gasteiger partial charge in [-0.25, -0.2) is 4.68 Å². The van der Waals surface area contributed by atoms with E-state index in [-0.39, 0.29) is 23.1 Å². The molecule has 3 aromatic rings. The summed E-state index contributed by atoms with van der Waals surface area (Å²) in [5, 5.41) is 5.74. The first-order valence-corrected chi connectivity index (χ1v) is 12.0. The number of hydrogen-bond donors (Lipinski definition) is 2. The zero-order chi connectivity index (χ0) is 24.0. The molecule has 2 aromatic carbocycles. The Morgan fingerprint density at radius 2 is 1.52 bits per heavy atom. The maximum atomic E-state index is 12.9. The molecule has 33 heavy (non-hydrogen) atoms. The minimum atomic E-state index is -0.261. The van der Waals surface area contributed by atoms with Gasteiger partial charge in [-0.05, 0) is 56.2 Å². The molecule has 0 saturated heterocycles. The van der Waals surface area contributed by atoms with Crippen LogP contribution >= 0.6 is 11.8 Å². The van der Waals surface area contributed by atoms with E-state index in [1.165, 1.54) is 16.4 Å². The van der Waals surface area contributed by atoms with Crippen LogP contribution < -0.4 is 16.2 Å². The van der Waals surface area contributed by atoms with Gasteiger partial charge in [-0.15, -0.1) is 0 Å². The molecular formula is C25H30N4O3S. The van der Waals surface area contributed by atoms with E-state index in [9.17, 15) is 14.4 Å². The van der Waals surface area contributed by atoms with Gasteiger partial charge < -0.3 is 10.6 Å². The van der Waals surface area contributed by atoms with Crippen molar-refractivity contribution >= 4 is 35.0 Å². The first-order valence-electron chi connectivity index (χ1n) is 10.9. The quantitative estimate of drug-likeness (QED) is 0.463. The molecule has 0 unspecified atom stereocenters. The number of aryl methyl sites for hydroxylation is 2. The SMILES string of the molecule is Cc1cccc(C)c1NC(=O)CCCSCC(=O)Nc1c(C)n(C)n(-c2ccccc2)c1=O. The molecule has 0 fully saturated rings. The van der Waals surface area contributed by atoms with Gasteiger partial charge in [0, 0.05) is 19.2 Å². The van der Waals surface area contributed by atoms with Crippen molar-refractivity contribution in [2.24, 2.45) is 7.05 Å². The van der Waals surface area contributed by atoms with Gasteiger partial charge in [-0.3, -0.25) is 19.1 Å². The van der Waals surface area contributed by atoms with Crippen LogP contribution in [0.3, 0.4) is 0 Å². The van der Waals surface area contributed by atoms with Gasteiger partial charge in [0.1, 0.15) is 5.69 Å². The zero-order valence-corrected chi connectivity index (χ0v) is 20.3. The number of hydrogen-bond acceptors (Lipinski definition) is 4. The largest absolute Gasteiger partial charge is 0.326 e. The maximum Gasteiger partial charge on any atom is 0.295 e. The molecule has 1 aromatic heterocycles. The van der Waals surface area contributed by atoms with Crippen molar-refractivity contribution in [1.29, 1.82) is 0 Å². The fourth-order valence-electron chi connectivity index (χ4n) is 3.60. The zero-order valence-electron chi connectivity index (χ0n) is 19.5. The summed E-state index contributed by atoms with van der Waals surface area (Å²) in [7, 11) is 1.79. The summed E-state index contributed by atoms with van der Waals surface area (Å²) >= 11 is 1.45. The average molecular weight is 467 g/mol. The lowest BCUT2D eigenvalue weighted by Crippen LogP contribution is -2.23. The summed E-state index contributed by atoms with van der Waals surface area (Å²) in [6, 6.07) is 15.2. The fraction of sp³-hybridized carbons (Fsp3) is 0.320. The molecule has 8 heteroatoms. The first-order chi connectivity index (χ1) is 15.8. The summed E-state index contributed by atoms with van der Waals surface area (Å²) in [6.07, 6.45) is 1.06. The van der Waals surface area contributed by atoms with Crippen LogP contribution in [0, 0.1) is 20.8 Å². The van der Waals surface area contributed by atoms with Gasteiger partial charge >= 0.3 is 0 Å². The summed E-state index contributed by atoms with van der Waals surface area (Å²) in [4.78, 5) is 37.5. The Morgan fingerprint density at radius 3 is 2.18 bits per heavy atom. The lowest BCUT2D eigenvalue weighted by Gasteiger charge is -2.11. The van der Waals surface area contributed by atoms with E-state index in [0.29, 0.717) is 30.0 Å². The molecule has 0 aliphatic rings. The Hall–Kier alpha value is -3.26. The van der Waals surface area contributed by atoms with E-state index in [4.69, 9.17) is 0 Å². The van der Waals surface area contributed by atoms with Crippen molar-refractivity contribution in [2.75, 3.05) is 22.1 Å². The molecule has 0 spiro atoms. The fourth-order valence-corrected chi connectivity index (χ4v) is 4.35. The highest BCUT2D eigenvalue weighted by Gasteiger charge is 2.18. The molecule has 174 valence electrons. The Morgan fingerprint density at radius 1 is 0.879 bits per heavy atom. The van der Waals surface area contributed by atoms with E-state index in [1.807, 2.05) is 62.4 Å². The number of anilines is 2. The van der Waals surface area contributed by atoms with Gasteiger partial charge in [-0.2, -0.15) is 11.8 Å². The van der Waals surface area contributed by atoms with Crippen LogP contribution in [0.15, 0.2) is 53.3 Å². The highest BCUT2D eigenvalue weighted by atomic mass is 32.2. The van der Waals surface area contributed by atoms with Crippen LogP contribution in [-0.2, 0) is 16.6 Å². The topological polar surface area (TPSA) is 85.1 Å². The van der Waals surface area contributed by atoms with Gasteiger partial charge in [-0.1, -0.05) is 36.4 Å². The molecule has 0 bridgehead atoms. The molecule has 0 aliphatic carbocycles. The molecule has 3 rings (SSSR count). The third-order valence-corrected chi connectivity index (χ3v) is 6.53. The number of aromatic nitrogens is 2. The molecule has 0 aliphatic heterocycles. The van der Waals surface area contributed by atoms with Crippen molar-refractivity contribution in [3.63, 3.8) is 0 Å². The van der Waals surface area contributed by atoms with E-state index in [2.05, 4.69) is 10.6 Å². The second-order valence-corrected chi connectivity index (χ2v) is 9.06. The van der Waals surface area contributed by atoms with Gasteiger partial charge in [0.25, 0.3) is 5.56 Å². The molecule has 2 N–H and O–H groups in total. The Bertz CT molecular complexity index is 1180. The van der Waals surface area contributed by atoms with E-state index in [1.54, 1.807) is 18.7 Å². The predicted molar refractivity (Wildman–Crippen MR) is 135 cm³/mol. The third kappa shape index (κ3) is 5.96. The van der Waals surface area contributed by atoms with Crippen molar-refractivity contribution < 1.29 is 9.59 Å². The summed E-state index contributed by atoms with van der Waals surface area (Å²) in [5.74, 6) is 0.637. The summed E-state index contributed by atoms with van der Waals surface area (Å²) in [5.41, 5.74) is 4.40. The molecule has 7 nitrogen and oxygen atoms in total. The van der Waals surface area contributed by atoms with Crippen LogP contribution in [0.5, 0.6) is 0 Å². The van der Waals surface area contributed by atoms with E-state index < -0.39 is 0 Å². The molecule has 0 saturated carbocycles. The number of carbonyl (C=O) groups excluding carboxylic acids is 2. The average Bonchev–Trinajstić information content (AvgIpc) is 3.00. The Balaban J connectivity index is 1.47. The second-order valence-electron chi connectivity index (χ2n) is 7.96. The normalized spacial score (nSPS) is 10.8. The number of nitrogens with one attached hydrogen (secondary N) is 2. The van der Waals surface area contributed by atoms with Gasteiger partial charge in [0.05, 0.1) is 17.1 Å². The van der Waals surface area contributed by atoms with Crippen molar-refractivity contribution in [3.8, 4) is 5.69 Å². The lowest BCUT2D eigenvalue weighted by atomic mass is 10.1. The highest BCUT2D eigenvalue weighted by Crippen LogP contribution is 2.20. The molecule has 0 atom stereocenters. The minimum Gasteiger partial charge on any atom is -0.326 e. The van der Waals surface area contributed by atoms with Crippen LogP contribution in [0.1, 0.15) is 29.7 Å². The van der Waals surface area contributed by atoms with Crippen molar-refractivity contribution in [3.05, 3.63) is 75.7 Å². The predicted octanol–water partition coefficient (Wildman–Crippen LogP) is 4.19. The standard InChI is InChI=1S/C25H30N4O3S/c1-17-10-8-11-18(2)23(17)26-21(30)14-9-15-33-16-22(31)27-24-19(3)28(4)29(25(24)32)20-12-6-5-7-13-20/h5-8,10-13H,9,14-16H2,1-4H3,(H,26,30)(H,27,31). The molecular weight excluding hydrogens is 436 g/mol. The van der Waals surface area contributed by atoms with Crippen molar-refractivity contribution in [1.82, 2.24) is 9.36 Å². The van der Waals surface area contributed by atoms with E-state index >= 15 is 0 Å². The number of benzene rings is 2. The summed E-state index contributed by atoms with van der Waals surface area (Å²) < 4.78 is 3.27. The van der Waals surface area contributed by atoms with Crippen molar-refractivity contribution in [2.45, 2.75) is 33.6 Å². The van der Waals surface area contributed by atoms with Crippen LogP contribution in [0.25, 0.3) is 5.69 Å². The Kier molecular flexibility index (Phi) is 8.16. The molecule has 0 radical (unpaired) electrons. The molecule has 2 amide bonds. The van der Waals surface area contributed by atoms with Crippen LogP contribution in [0.4, 0.5) is 11.4 Å². The highest BCUT2D eigenvalue weighted by molar-refractivity contribution is 7.99. The number of rotatable bonds is 9. The van der Waals surface area contributed by atoms with Crippen LogP contribution in [0.2, 0.25) is 0 Å². The second kappa shape index (κ2) is 11.0. The molecule has 1 heterocycles. The monoisotopic (exact) mass is 466 g/mol. The van der Waals surface area contributed by atoms with Crippen LogP contribution in [-0.4, -0.2) is 32.7 Å². The third-order valence-electron chi connectivity index (χ3n) is 5.49. The number of thioether (sulfide) groups is 1. The lowest BCUT2D eigenvalue weighted by molar-refractivity contribution is -0.116. The van der Waals surface area contributed by atoms with Gasteiger partial charge in [0.15, 0.2) is 0 Å². The minimum absolute atomic E-state index is 0.0289. The number of amides is 2. The van der Waals surface area contributed by atoms with E-state index in [0.717, 1.165) is 22.5 Å².